The molecule has 2 aromatic heterocycles. The van der Waals surface area contributed by atoms with Gasteiger partial charge in [-0.05, 0) is 20.8 Å². The van der Waals surface area contributed by atoms with Gasteiger partial charge >= 0.3 is 5.69 Å². The summed E-state index contributed by atoms with van der Waals surface area (Å²) in [6.45, 7) is 5.73. The highest BCUT2D eigenvalue weighted by molar-refractivity contribution is 5.60. The number of nitrogens with zero attached hydrogens (tertiary/aromatic N) is 5. The van der Waals surface area contributed by atoms with Crippen LogP contribution in [0, 0.1) is 30.9 Å². The maximum absolute atomic E-state index is 11.1. The van der Waals surface area contributed by atoms with E-state index in [1.807, 2.05) is 20.9 Å². The summed E-state index contributed by atoms with van der Waals surface area (Å²) in [5.41, 5.74) is 8.45. The lowest BCUT2D eigenvalue weighted by Crippen LogP contribution is -2.10. The lowest BCUT2D eigenvalue weighted by Gasteiger charge is -2.08. The fraction of sp³-hybridized carbons (Fsp3) is 0.417. The quantitative estimate of drug-likeness (QED) is 0.641. The average Bonchev–Trinajstić information content (AvgIpc) is 2.59. The Balaban J connectivity index is 2.34. The van der Waals surface area contributed by atoms with Crippen molar-refractivity contribution in [1.29, 1.82) is 0 Å². The van der Waals surface area contributed by atoms with Crippen LogP contribution in [-0.2, 0) is 13.6 Å². The van der Waals surface area contributed by atoms with E-state index in [1.54, 1.807) is 4.68 Å². The van der Waals surface area contributed by atoms with Gasteiger partial charge in [0.15, 0.2) is 0 Å². The number of hydrogen-bond donors (Lipinski definition) is 2. The fourth-order valence-corrected chi connectivity index (χ4v) is 2.18. The number of nitrogen functional groups attached to an aromatic ring is 1. The van der Waals surface area contributed by atoms with Crippen molar-refractivity contribution in [3.63, 3.8) is 0 Å². The second-order valence-corrected chi connectivity index (χ2v) is 4.75. The normalized spacial score (nSPS) is 10.7. The third-order valence-electron chi connectivity index (χ3n) is 3.35. The molecular formula is C12H17N7O2. The lowest BCUT2D eigenvalue weighted by atomic mass is 10.2. The van der Waals surface area contributed by atoms with Crippen LogP contribution in [-0.4, -0.2) is 24.7 Å². The van der Waals surface area contributed by atoms with Gasteiger partial charge in [-0.25, -0.2) is 4.98 Å². The molecular weight excluding hydrogens is 274 g/mol. The molecule has 112 valence electrons. The molecule has 0 bridgehead atoms. The molecule has 0 amide bonds. The van der Waals surface area contributed by atoms with Gasteiger partial charge in [0.1, 0.15) is 5.69 Å². The number of hydrogen-bond acceptors (Lipinski definition) is 7. The third-order valence-corrected chi connectivity index (χ3v) is 3.35. The van der Waals surface area contributed by atoms with Crippen LogP contribution < -0.4 is 11.1 Å². The smallest absolute Gasteiger partial charge is 0.332 e. The zero-order valence-corrected chi connectivity index (χ0v) is 12.3. The number of nitrogens with two attached hydrogens (primary N) is 1. The second kappa shape index (κ2) is 5.35. The Hall–Kier alpha value is -2.71. The summed E-state index contributed by atoms with van der Waals surface area (Å²) in [4.78, 5) is 18.4. The number of anilines is 2. The molecule has 2 heterocycles. The summed E-state index contributed by atoms with van der Waals surface area (Å²) in [7, 11) is 1.85. The number of aryl methyl sites for hydroxylation is 3. The topological polar surface area (TPSA) is 125 Å². The van der Waals surface area contributed by atoms with Crippen molar-refractivity contribution in [2.24, 2.45) is 7.05 Å². The summed E-state index contributed by atoms with van der Waals surface area (Å²) in [5, 5.41) is 18.4. The molecule has 0 unspecified atom stereocenters. The van der Waals surface area contributed by atoms with Gasteiger partial charge in [-0.1, -0.05) is 0 Å². The predicted octanol–water partition coefficient (Wildman–Crippen LogP) is 1.24. The molecule has 2 rings (SSSR count). The van der Waals surface area contributed by atoms with Crippen LogP contribution in [0.25, 0.3) is 0 Å². The van der Waals surface area contributed by atoms with E-state index in [9.17, 15) is 10.1 Å². The molecule has 0 radical (unpaired) electrons. The van der Waals surface area contributed by atoms with Crippen molar-refractivity contribution >= 4 is 17.5 Å². The maximum Gasteiger partial charge on any atom is 0.332 e. The first-order chi connectivity index (χ1) is 9.81. The van der Waals surface area contributed by atoms with Crippen molar-refractivity contribution in [3.05, 3.63) is 32.8 Å². The lowest BCUT2D eigenvalue weighted by molar-refractivity contribution is -0.385. The molecule has 9 nitrogen and oxygen atoms in total. The van der Waals surface area contributed by atoms with E-state index in [0.717, 1.165) is 17.0 Å². The monoisotopic (exact) mass is 291 g/mol. The van der Waals surface area contributed by atoms with Gasteiger partial charge in [-0.3, -0.25) is 14.8 Å². The molecule has 2 aromatic rings. The highest BCUT2D eigenvalue weighted by Crippen LogP contribution is 2.26. The summed E-state index contributed by atoms with van der Waals surface area (Å²) in [6.07, 6.45) is 0. The van der Waals surface area contributed by atoms with Crippen LogP contribution in [0.2, 0.25) is 0 Å². The molecule has 0 aliphatic rings. The van der Waals surface area contributed by atoms with Crippen LogP contribution in [0.1, 0.15) is 22.6 Å². The minimum absolute atomic E-state index is 0.000213. The standard InChI is InChI=1S/C12H17N7O2/c1-6-9(8(3)18(4)17-6)5-14-11-10(19(20)21)7(2)15-12(13)16-11/h5H2,1-4H3,(H3,13,14,15,16). The largest absolute Gasteiger partial charge is 0.368 e. The Morgan fingerprint density at radius 3 is 2.48 bits per heavy atom. The van der Waals surface area contributed by atoms with Gasteiger partial charge in [-0.15, -0.1) is 0 Å². The Morgan fingerprint density at radius 1 is 1.29 bits per heavy atom. The number of nitro groups is 1. The van der Waals surface area contributed by atoms with Crippen molar-refractivity contribution in [3.8, 4) is 0 Å². The zero-order chi connectivity index (χ0) is 15.7. The fourth-order valence-electron chi connectivity index (χ4n) is 2.18. The molecule has 0 atom stereocenters. The highest BCUT2D eigenvalue weighted by atomic mass is 16.6. The SMILES string of the molecule is Cc1nn(C)c(C)c1CNc1nc(N)nc(C)c1[N+](=O)[O-]. The first-order valence-corrected chi connectivity index (χ1v) is 6.32. The van der Waals surface area contributed by atoms with Crippen molar-refractivity contribution in [2.75, 3.05) is 11.1 Å². The Kier molecular flexibility index (Phi) is 3.74. The van der Waals surface area contributed by atoms with Crippen molar-refractivity contribution in [2.45, 2.75) is 27.3 Å². The van der Waals surface area contributed by atoms with Crippen LogP contribution >= 0.6 is 0 Å². The van der Waals surface area contributed by atoms with E-state index in [0.29, 0.717) is 6.54 Å². The first-order valence-electron chi connectivity index (χ1n) is 6.32. The average molecular weight is 291 g/mol. The van der Waals surface area contributed by atoms with E-state index in [1.165, 1.54) is 6.92 Å². The minimum Gasteiger partial charge on any atom is -0.368 e. The highest BCUT2D eigenvalue weighted by Gasteiger charge is 2.22. The molecule has 3 N–H and O–H groups in total. The molecule has 0 spiro atoms. The molecule has 0 aliphatic heterocycles. The number of nitrogens with one attached hydrogen (secondary N) is 1. The van der Waals surface area contributed by atoms with E-state index in [-0.39, 0.29) is 23.1 Å². The summed E-state index contributed by atoms with van der Waals surface area (Å²) in [6, 6.07) is 0. The van der Waals surface area contributed by atoms with Gasteiger partial charge in [-0.2, -0.15) is 10.1 Å². The van der Waals surface area contributed by atoms with E-state index < -0.39 is 4.92 Å². The molecule has 0 aliphatic carbocycles. The van der Waals surface area contributed by atoms with Crippen LogP contribution in [0.15, 0.2) is 0 Å². The Labute approximate surface area is 121 Å². The van der Waals surface area contributed by atoms with Gasteiger partial charge in [0.25, 0.3) is 0 Å². The van der Waals surface area contributed by atoms with Gasteiger partial charge in [0.2, 0.25) is 11.8 Å². The van der Waals surface area contributed by atoms with Crippen molar-refractivity contribution in [1.82, 2.24) is 19.7 Å². The van der Waals surface area contributed by atoms with E-state index >= 15 is 0 Å². The van der Waals surface area contributed by atoms with Gasteiger partial charge < -0.3 is 11.1 Å². The summed E-state index contributed by atoms with van der Waals surface area (Å²) >= 11 is 0. The maximum atomic E-state index is 11.1. The van der Waals surface area contributed by atoms with Crippen LogP contribution in [0.3, 0.4) is 0 Å². The molecule has 0 saturated carbocycles. The van der Waals surface area contributed by atoms with Gasteiger partial charge in [0, 0.05) is 24.8 Å². The molecule has 0 saturated heterocycles. The predicted molar refractivity (Wildman–Crippen MR) is 77.8 cm³/mol. The molecule has 9 heteroatoms. The summed E-state index contributed by atoms with van der Waals surface area (Å²) < 4.78 is 1.76. The van der Waals surface area contributed by atoms with Crippen molar-refractivity contribution < 1.29 is 4.92 Å². The van der Waals surface area contributed by atoms with Crippen LogP contribution in [0.5, 0.6) is 0 Å². The second-order valence-electron chi connectivity index (χ2n) is 4.75. The Bertz CT molecular complexity index is 708. The number of aromatic nitrogens is 4. The number of rotatable bonds is 4. The first kappa shape index (κ1) is 14.7. The summed E-state index contributed by atoms with van der Waals surface area (Å²) in [5.74, 6) is 0.118. The minimum atomic E-state index is -0.514. The van der Waals surface area contributed by atoms with Gasteiger partial charge in [0.05, 0.1) is 10.6 Å². The molecule has 0 fully saturated rings. The van der Waals surface area contributed by atoms with E-state index in [4.69, 9.17) is 5.73 Å². The third kappa shape index (κ3) is 2.76. The molecule has 21 heavy (non-hydrogen) atoms. The van der Waals surface area contributed by atoms with Crippen LogP contribution in [0.4, 0.5) is 17.5 Å². The zero-order valence-electron chi connectivity index (χ0n) is 12.3. The van der Waals surface area contributed by atoms with E-state index in [2.05, 4.69) is 20.4 Å². The Morgan fingerprint density at radius 2 is 1.95 bits per heavy atom. The molecule has 0 aromatic carbocycles.